The Hall–Kier alpha value is -3.09. The van der Waals surface area contributed by atoms with Gasteiger partial charge in [0.15, 0.2) is 6.61 Å². The molecule has 2 aromatic carbocycles. The first-order valence-corrected chi connectivity index (χ1v) is 7.37. The van der Waals surface area contributed by atoms with E-state index < -0.39 is 24.3 Å². The van der Waals surface area contributed by atoms with Crippen LogP contribution in [0.5, 0.6) is 5.75 Å². The molecule has 25 heavy (non-hydrogen) atoms. The van der Waals surface area contributed by atoms with Crippen molar-refractivity contribution in [2.45, 2.75) is 6.18 Å². The summed E-state index contributed by atoms with van der Waals surface area (Å²) in [7, 11) is 0. The number of amides is 1. The summed E-state index contributed by atoms with van der Waals surface area (Å²) in [5, 5.41) is 3.06. The summed E-state index contributed by atoms with van der Waals surface area (Å²) >= 11 is 0. The first kappa shape index (κ1) is 16.8. The van der Waals surface area contributed by atoms with Gasteiger partial charge in [0, 0.05) is 11.6 Å². The van der Waals surface area contributed by atoms with Crippen LogP contribution in [0.1, 0.15) is 5.56 Å². The zero-order valence-corrected chi connectivity index (χ0v) is 12.9. The molecule has 0 unspecified atom stereocenters. The second kappa shape index (κ2) is 6.80. The zero-order chi connectivity index (χ0) is 17.9. The van der Waals surface area contributed by atoms with Gasteiger partial charge in [-0.15, -0.1) is 0 Å². The SMILES string of the molecule is O=C(COc1ccc2ncccc2c1)Nc1ccccc1C(F)(F)F. The van der Waals surface area contributed by atoms with Gasteiger partial charge >= 0.3 is 6.18 Å². The monoisotopic (exact) mass is 346 g/mol. The Morgan fingerprint density at radius 2 is 1.88 bits per heavy atom. The minimum Gasteiger partial charge on any atom is -0.484 e. The second-order valence-corrected chi connectivity index (χ2v) is 5.24. The maximum absolute atomic E-state index is 12.9. The highest BCUT2D eigenvalue weighted by Crippen LogP contribution is 2.34. The van der Waals surface area contributed by atoms with Crippen molar-refractivity contribution in [3.8, 4) is 5.75 Å². The number of carbonyl (C=O) groups excluding carboxylic acids is 1. The van der Waals surface area contributed by atoms with E-state index in [9.17, 15) is 18.0 Å². The number of rotatable bonds is 4. The van der Waals surface area contributed by atoms with Crippen LogP contribution >= 0.6 is 0 Å². The predicted octanol–water partition coefficient (Wildman–Crippen LogP) is 4.27. The number of nitrogens with one attached hydrogen (secondary N) is 1. The summed E-state index contributed by atoms with van der Waals surface area (Å²) in [6, 6.07) is 13.5. The minimum absolute atomic E-state index is 0.300. The van der Waals surface area contributed by atoms with E-state index in [0.717, 1.165) is 17.0 Å². The van der Waals surface area contributed by atoms with E-state index in [1.165, 1.54) is 18.2 Å². The van der Waals surface area contributed by atoms with Crippen molar-refractivity contribution in [2.24, 2.45) is 0 Å². The Bertz CT molecular complexity index is 910. The number of pyridine rings is 1. The third-order valence-corrected chi connectivity index (χ3v) is 3.45. The molecule has 3 rings (SSSR count). The van der Waals surface area contributed by atoms with Gasteiger partial charge in [0.1, 0.15) is 5.75 Å². The first-order chi connectivity index (χ1) is 11.9. The molecule has 4 nitrogen and oxygen atoms in total. The van der Waals surface area contributed by atoms with Crippen molar-refractivity contribution < 1.29 is 22.7 Å². The van der Waals surface area contributed by atoms with Crippen molar-refractivity contribution in [3.63, 3.8) is 0 Å². The Labute approximate surface area is 141 Å². The van der Waals surface area contributed by atoms with E-state index in [1.54, 1.807) is 30.5 Å². The predicted molar refractivity (Wildman–Crippen MR) is 87.3 cm³/mol. The van der Waals surface area contributed by atoms with Crippen molar-refractivity contribution in [1.82, 2.24) is 4.98 Å². The third-order valence-electron chi connectivity index (χ3n) is 3.45. The molecule has 0 aliphatic heterocycles. The van der Waals surface area contributed by atoms with Gasteiger partial charge in [0.25, 0.3) is 5.91 Å². The van der Waals surface area contributed by atoms with E-state index in [0.29, 0.717) is 5.75 Å². The molecule has 7 heteroatoms. The Morgan fingerprint density at radius 3 is 2.68 bits per heavy atom. The molecule has 3 aromatic rings. The van der Waals surface area contributed by atoms with E-state index >= 15 is 0 Å². The average Bonchev–Trinajstić information content (AvgIpc) is 2.59. The van der Waals surface area contributed by atoms with Crippen LogP contribution in [0.2, 0.25) is 0 Å². The quantitative estimate of drug-likeness (QED) is 0.767. The second-order valence-electron chi connectivity index (χ2n) is 5.24. The van der Waals surface area contributed by atoms with Crippen molar-refractivity contribution in [3.05, 3.63) is 66.4 Å². The van der Waals surface area contributed by atoms with Crippen molar-refractivity contribution in [2.75, 3.05) is 11.9 Å². The third kappa shape index (κ3) is 4.06. The van der Waals surface area contributed by atoms with Gasteiger partial charge in [-0.3, -0.25) is 9.78 Å². The summed E-state index contributed by atoms with van der Waals surface area (Å²) in [6.07, 6.45) is -2.88. The van der Waals surface area contributed by atoms with Gasteiger partial charge in [0.05, 0.1) is 16.8 Å². The number of nitrogens with zero attached hydrogens (tertiary/aromatic N) is 1. The molecule has 0 aliphatic rings. The fourth-order valence-corrected chi connectivity index (χ4v) is 2.32. The highest BCUT2D eigenvalue weighted by Gasteiger charge is 2.33. The van der Waals surface area contributed by atoms with Crippen LogP contribution < -0.4 is 10.1 Å². The molecular formula is C18H13F3N2O2. The van der Waals surface area contributed by atoms with E-state index in [-0.39, 0.29) is 5.69 Å². The standard InChI is InChI=1S/C18H13F3N2O2/c19-18(20,21)14-5-1-2-6-16(14)23-17(24)11-25-13-7-8-15-12(10-13)4-3-9-22-15/h1-10H,11H2,(H,23,24). The maximum atomic E-state index is 12.9. The van der Waals surface area contributed by atoms with Crippen LogP contribution in [0.15, 0.2) is 60.8 Å². The fraction of sp³-hybridized carbons (Fsp3) is 0.111. The van der Waals surface area contributed by atoms with E-state index in [2.05, 4.69) is 10.3 Å². The number of halogens is 3. The average molecular weight is 346 g/mol. The fourth-order valence-electron chi connectivity index (χ4n) is 2.32. The van der Waals surface area contributed by atoms with Crippen LogP contribution in [0, 0.1) is 0 Å². The van der Waals surface area contributed by atoms with Gasteiger partial charge < -0.3 is 10.1 Å². The van der Waals surface area contributed by atoms with Crippen LogP contribution in [-0.4, -0.2) is 17.5 Å². The first-order valence-electron chi connectivity index (χ1n) is 7.37. The van der Waals surface area contributed by atoms with Gasteiger partial charge in [-0.2, -0.15) is 13.2 Å². The number of hydrogen-bond donors (Lipinski definition) is 1. The lowest BCUT2D eigenvalue weighted by atomic mass is 10.1. The summed E-state index contributed by atoms with van der Waals surface area (Å²) in [5.41, 5.74) is -0.426. The minimum atomic E-state index is -4.55. The van der Waals surface area contributed by atoms with Crippen LogP contribution in [0.4, 0.5) is 18.9 Å². The lowest BCUT2D eigenvalue weighted by Gasteiger charge is -2.13. The number of hydrogen-bond acceptors (Lipinski definition) is 3. The van der Waals surface area contributed by atoms with Gasteiger partial charge in [0.2, 0.25) is 0 Å². The summed E-state index contributed by atoms with van der Waals surface area (Å²) in [5.74, 6) is -0.247. The molecule has 1 amide bonds. The van der Waals surface area contributed by atoms with E-state index in [1.807, 2.05) is 6.07 Å². The lowest BCUT2D eigenvalue weighted by Crippen LogP contribution is -2.22. The molecule has 0 saturated carbocycles. The number of anilines is 1. The smallest absolute Gasteiger partial charge is 0.418 e. The lowest BCUT2D eigenvalue weighted by molar-refractivity contribution is -0.137. The van der Waals surface area contributed by atoms with Crippen LogP contribution in [0.3, 0.4) is 0 Å². The molecular weight excluding hydrogens is 333 g/mol. The molecule has 1 heterocycles. The van der Waals surface area contributed by atoms with Gasteiger partial charge in [-0.25, -0.2) is 0 Å². The molecule has 0 atom stereocenters. The Morgan fingerprint density at radius 1 is 1.08 bits per heavy atom. The molecule has 0 spiro atoms. The molecule has 1 N–H and O–H groups in total. The van der Waals surface area contributed by atoms with Gasteiger partial charge in [-0.1, -0.05) is 18.2 Å². The number of carbonyl (C=O) groups is 1. The number of fused-ring (bicyclic) bond motifs is 1. The van der Waals surface area contributed by atoms with Crippen LogP contribution in [-0.2, 0) is 11.0 Å². The zero-order valence-electron chi connectivity index (χ0n) is 12.9. The van der Waals surface area contributed by atoms with Gasteiger partial charge in [-0.05, 0) is 36.4 Å². The molecule has 0 radical (unpaired) electrons. The summed E-state index contributed by atoms with van der Waals surface area (Å²) in [6.45, 7) is -0.405. The molecule has 0 aliphatic carbocycles. The highest BCUT2D eigenvalue weighted by molar-refractivity contribution is 5.92. The molecule has 128 valence electrons. The molecule has 0 bridgehead atoms. The maximum Gasteiger partial charge on any atom is 0.418 e. The largest absolute Gasteiger partial charge is 0.484 e. The number of para-hydroxylation sites is 1. The number of alkyl halides is 3. The number of benzene rings is 2. The molecule has 0 saturated heterocycles. The number of aromatic nitrogens is 1. The van der Waals surface area contributed by atoms with E-state index in [4.69, 9.17) is 4.74 Å². The number of ether oxygens (including phenoxy) is 1. The Kier molecular flexibility index (Phi) is 4.56. The highest BCUT2D eigenvalue weighted by atomic mass is 19.4. The summed E-state index contributed by atoms with van der Waals surface area (Å²) < 4.78 is 44.1. The topological polar surface area (TPSA) is 51.2 Å². The van der Waals surface area contributed by atoms with Crippen molar-refractivity contribution >= 4 is 22.5 Å². The van der Waals surface area contributed by atoms with Crippen LogP contribution in [0.25, 0.3) is 10.9 Å². The normalized spacial score (nSPS) is 11.3. The van der Waals surface area contributed by atoms with Crippen molar-refractivity contribution in [1.29, 1.82) is 0 Å². The molecule has 0 fully saturated rings. The summed E-state index contributed by atoms with van der Waals surface area (Å²) in [4.78, 5) is 16.1. The Balaban J connectivity index is 1.67. The molecule has 1 aromatic heterocycles.